The molecule has 6 heteroatoms. The third kappa shape index (κ3) is 3.95. The van der Waals surface area contributed by atoms with Crippen LogP contribution < -0.4 is 5.32 Å². The number of hydrogen-bond donors (Lipinski definition) is 2. The molecule has 2 aromatic carbocycles. The van der Waals surface area contributed by atoms with Gasteiger partial charge in [-0.05, 0) is 24.6 Å². The Morgan fingerprint density at radius 1 is 1.04 bits per heavy atom. The molecule has 0 radical (unpaired) electrons. The lowest BCUT2D eigenvalue weighted by Crippen LogP contribution is -2.33. The van der Waals surface area contributed by atoms with E-state index in [-0.39, 0.29) is 12.4 Å². The maximum absolute atomic E-state index is 12.7. The molecule has 128 valence electrons. The summed E-state index contributed by atoms with van der Waals surface area (Å²) in [6.45, 7) is 1.80. The summed E-state index contributed by atoms with van der Waals surface area (Å²) >= 11 is 0. The average molecular weight is 357 g/mol. The molecule has 0 saturated heterocycles. The molecule has 5 nitrogen and oxygen atoms in total. The van der Waals surface area contributed by atoms with Crippen molar-refractivity contribution in [3.63, 3.8) is 0 Å². The van der Waals surface area contributed by atoms with Gasteiger partial charge in [0.25, 0.3) is 5.91 Å². The van der Waals surface area contributed by atoms with Crippen LogP contribution in [0, 0.1) is 6.92 Å². The number of fused-ring (bicyclic) bond motifs is 1. The number of nitrogens with one attached hydrogen (secondary N) is 1. The molecule has 0 fully saturated rings. The minimum atomic E-state index is -1.11. The predicted octanol–water partition coefficient (Wildman–Crippen LogP) is 3.52. The van der Waals surface area contributed by atoms with Crippen LogP contribution in [0.15, 0.2) is 60.7 Å². The summed E-state index contributed by atoms with van der Waals surface area (Å²) in [7, 11) is 0. The fourth-order valence-electron chi connectivity index (χ4n) is 2.64. The van der Waals surface area contributed by atoms with Crippen LogP contribution in [0.25, 0.3) is 10.9 Å². The first-order valence-corrected chi connectivity index (χ1v) is 7.51. The average Bonchev–Trinajstić information content (AvgIpc) is 2.59. The van der Waals surface area contributed by atoms with Crippen LogP contribution in [0.1, 0.15) is 27.7 Å². The molecule has 2 N–H and O–H groups in total. The summed E-state index contributed by atoms with van der Waals surface area (Å²) < 4.78 is 0. The van der Waals surface area contributed by atoms with Crippen LogP contribution >= 0.6 is 12.4 Å². The van der Waals surface area contributed by atoms with Crippen molar-refractivity contribution >= 4 is 35.2 Å². The molecule has 1 heterocycles. The first-order chi connectivity index (χ1) is 11.6. The third-order valence-electron chi connectivity index (χ3n) is 3.74. The van der Waals surface area contributed by atoms with Crippen molar-refractivity contribution in [1.29, 1.82) is 0 Å². The highest BCUT2D eigenvalue weighted by Gasteiger charge is 2.23. The van der Waals surface area contributed by atoms with Crippen LogP contribution in [-0.2, 0) is 4.79 Å². The Hall–Kier alpha value is -2.92. The number of aromatic nitrogens is 1. The van der Waals surface area contributed by atoms with Crippen LogP contribution in [0.2, 0.25) is 0 Å². The van der Waals surface area contributed by atoms with Crippen molar-refractivity contribution in [3.05, 3.63) is 77.5 Å². The zero-order valence-corrected chi connectivity index (χ0v) is 14.3. The van der Waals surface area contributed by atoms with Gasteiger partial charge in [-0.15, -0.1) is 12.4 Å². The van der Waals surface area contributed by atoms with Gasteiger partial charge in [0, 0.05) is 11.1 Å². The lowest BCUT2D eigenvalue weighted by Gasteiger charge is -2.16. The van der Waals surface area contributed by atoms with Gasteiger partial charge in [-0.2, -0.15) is 0 Å². The Kier molecular flexibility index (Phi) is 5.72. The fraction of sp³-hybridized carbons (Fsp3) is 0.105. The molecule has 1 amide bonds. The topological polar surface area (TPSA) is 79.3 Å². The fourth-order valence-corrected chi connectivity index (χ4v) is 2.64. The molecule has 3 aromatic rings. The standard InChI is InChI=1S/C19H16N2O3.ClH/c1-12-11-15(14-9-5-6-10-16(14)20-12)18(22)21-17(19(23)24)13-7-3-2-4-8-13;/h2-11,17H,1H3,(H,21,22)(H,23,24);1H/t17-;/m1./s1. The summed E-state index contributed by atoms with van der Waals surface area (Å²) in [4.78, 5) is 28.7. The molecular weight excluding hydrogens is 340 g/mol. The van der Waals surface area contributed by atoms with Gasteiger partial charge in [0.1, 0.15) is 0 Å². The molecule has 0 unspecified atom stereocenters. The van der Waals surface area contributed by atoms with E-state index >= 15 is 0 Å². The van der Waals surface area contributed by atoms with Gasteiger partial charge in [-0.25, -0.2) is 4.79 Å². The van der Waals surface area contributed by atoms with Crippen molar-refractivity contribution in [2.45, 2.75) is 13.0 Å². The highest BCUT2D eigenvalue weighted by molar-refractivity contribution is 6.07. The van der Waals surface area contributed by atoms with E-state index in [4.69, 9.17) is 0 Å². The summed E-state index contributed by atoms with van der Waals surface area (Å²) in [5.74, 6) is -1.54. The van der Waals surface area contributed by atoms with Crippen molar-refractivity contribution in [1.82, 2.24) is 10.3 Å². The second kappa shape index (κ2) is 7.77. The number of nitrogens with zero attached hydrogens (tertiary/aromatic N) is 1. The number of carboxylic acid groups (broad SMARTS) is 1. The second-order valence-corrected chi connectivity index (χ2v) is 5.48. The molecule has 25 heavy (non-hydrogen) atoms. The zero-order valence-electron chi connectivity index (χ0n) is 13.5. The van der Waals surface area contributed by atoms with Crippen molar-refractivity contribution in [2.75, 3.05) is 0 Å². The molecule has 0 bridgehead atoms. The SMILES string of the molecule is Cc1cc(C(=O)N[C@@H](C(=O)O)c2ccccc2)c2ccccc2n1.Cl. The van der Waals surface area contributed by atoms with E-state index in [1.54, 1.807) is 49.4 Å². The highest BCUT2D eigenvalue weighted by atomic mass is 35.5. The number of carbonyl (C=O) groups excluding carboxylic acids is 1. The molecule has 0 spiro atoms. The predicted molar refractivity (Wildman–Crippen MR) is 98.0 cm³/mol. The molecular formula is C19H17ClN2O3. The summed E-state index contributed by atoms with van der Waals surface area (Å²) in [5.41, 5.74) is 2.34. The summed E-state index contributed by atoms with van der Waals surface area (Å²) in [6, 6.07) is 16.5. The lowest BCUT2D eigenvalue weighted by atomic mass is 10.0. The maximum Gasteiger partial charge on any atom is 0.330 e. The van der Waals surface area contributed by atoms with Gasteiger partial charge in [0.05, 0.1) is 11.1 Å². The van der Waals surface area contributed by atoms with Gasteiger partial charge < -0.3 is 10.4 Å². The molecule has 0 aliphatic heterocycles. The van der Waals surface area contributed by atoms with Crippen molar-refractivity contribution in [2.24, 2.45) is 0 Å². The molecule has 1 aromatic heterocycles. The number of hydrogen-bond acceptors (Lipinski definition) is 3. The van der Waals surface area contributed by atoms with E-state index in [1.165, 1.54) is 0 Å². The first-order valence-electron chi connectivity index (χ1n) is 7.51. The minimum absolute atomic E-state index is 0. The first kappa shape index (κ1) is 18.4. The number of para-hydroxylation sites is 1. The number of aryl methyl sites for hydroxylation is 1. The van der Waals surface area contributed by atoms with E-state index in [0.29, 0.717) is 27.7 Å². The Morgan fingerprint density at radius 3 is 2.36 bits per heavy atom. The number of aliphatic carboxylic acids is 1. The quantitative estimate of drug-likeness (QED) is 0.749. The van der Waals surface area contributed by atoms with Crippen LogP contribution in [0.4, 0.5) is 0 Å². The number of halogens is 1. The summed E-state index contributed by atoms with van der Waals surface area (Å²) in [5, 5.41) is 12.8. The van der Waals surface area contributed by atoms with Gasteiger partial charge in [0.15, 0.2) is 6.04 Å². The normalized spacial score (nSPS) is 11.4. The zero-order chi connectivity index (χ0) is 17.1. The number of carboxylic acids is 1. The lowest BCUT2D eigenvalue weighted by molar-refractivity contribution is -0.139. The number of carbonyl (C=O) groups is 2. The minimum Gasteiger partial charge on any atom is -0.479 e. The number of amides is 1. The Morgan fingerprint density at radius 2 is 1.68 bits per heavy atom. The van der Waals surface area contributed by atoms with Gasteiger partial charge >= 0.3 is 5.97 Å². The van der Waals surface area contributed by atoms with E-state index in [1.807, 2.05) is 18.2 Å². The Balaban J connectivity index is 0.00000225. The second-order valence-electron chi connectivity index (χ2n) is 5.48. The van der Waals surface area contributed by atoms with Crippen LogP contribution in [0.3, 0.4) is 0 Å². The van der Waals surface area contributed by atoms with E-state index in [2.05, 4.69) is 10.3 Å². The molecule has 0 saturated carbocycles. The van der Waals surface area contributed by atoms with Gasteiger partial charge in [-0.1, -0.05) is 48.5 Å². The van der Waals surface area contributed by atoms with Crippen LogP contribution in [0.5, 0.6) is 0 Å². The monoisotopic (exact) mass is 356 g/mol. The van der Waals surface area contributed by atoms with Crippen molar-refractivity contribution < 1.29 is 14.7 Å². The number of rotatable bonds is 4. The third-order valence-corrected chi connectivity index (χ3v) is 3.74. The molecule has 0 aliphatic rings. The van der Waals surface area contributed by atoms with E-state index < -0.39 is 17.9 Å². The van der Waals surface area contributed by atoms with Gasteiger partial charge in [-0.3, -0.25) is 9.78 Å². The molecule has 3 rings (SSSR count). The van der Waals surface area contributed by atoms with E-state index in [0.717, 1.165) is 0 Å². The number of pyridine rings is 1. The Labute approximate surface area is 151 Å². The smallest absolute Gasteiger partial charge is 0.330 e. The highest BCUT2D eigenvalue weighted by Crippen LogP contribution is 2.20. The van der Waals surface area contributed by atoms with E-state index in [9.17, 15) is 14.7 Å². The number of benzene rings is 2. The Bertz CT molecular complexity index is 913. The maximum atomic E-state index is 12.7. The summed E-state index contributed by atoms with van der Waals surface area (Å²) in [6.07, 6.45) is 0. The molecule has 0 aliphatic carbocycles. The largest absolute Gasteiger partial charge is 0.479 e. The van der Waals surface area contributed by atoms with Crippen LogP contribution in [-0.4, -0.2) is 22.0 Å². The van der Waals surface area contributed by atoms with Gasteiger partial charge in [0.2, 0.25) is 0 Å². The molecule has 1 atom stereocenters. The van der Waals surface area contributed by atoms with Crippen molar-refractivity contribution in [3.8, 4) is 0 Å².